The van der Waals surface area contributed by atoms with Crippen LogP contribution < -0.4 is 0 Å². The molecule has 2 heteroatoms. The van der Waals surface area contributed by atoms with Crippen LogP contribution in [0.4, 0.5) is 0 Å². The van der Waals surface area contributed by atoms with Crippen molar-refractivity contribution in [3.8, 4) is 0 Å². The van der Waals surface area contributed by atoms with Crippen molar-refractivity contribution < 1.29 is 0 Å². The molecule has 0 radical (unpaired) electrons. The molecular formula is C20H32N2. The number of fused-ring (bicyclic) bond motifs is 1. The zero-order chi connectivity index (χ0) is 15.8. The Labute approximate surface area is 136 Å². The summed E-state index contributed by atoms with van der Waals surface area (Å²) >= 11 is 0. The van der Waals surface area contributed by atoms with Gasteiger partial charge in [0.2, 0.25) is 0 Å². The van der Waals surface area contributed by atoms with E-state index in [1.165, 1.54) is 55.0 Å². The number of unbranched alkanes of at least 4 members (excludes halogenated alkanes) is 5. The second-order valence-electron chi connectivity index (χ2n) is 6.69. The van der Waals surface area contributed by atoms with E-state index in [1.807, 2.05) is 0 Å². The number of para-hydroxylation sites is 1. The van der Waals surface area contributed by atoms with E-state index < -0.39 is 0 Å². The molecule has 0 aliphatic heterocycles. The van der Waals surface area contributed by atoms with E-state index in [2.05, 4.69) is 60.9 Å². The van der Waals surface area contributed by atoms with E-state index >= 15 is 0 Å². The molecule has 0 N–H and O–H groups in total. The van der Waals surface area contributed by atoms with Crippen LogP contribution in [0.25, 0.3) is 10.9 Å². The van der Waals surface area contributed by atoms with E-state index in [4.69, 9.17) is 0 Å². The van der Waals surface area contributed by atoms with Crippen molar-refractivity contribution in [1.82, 2.24) is 9.47 Å². The number of likely N-dealkylation sites (N-methyl/N-ethyl adjacent to an activating group) is 1. The number of hydrogen-bond donors (Lipinski definition) is 0. The van der Waals surface area contributed by atoms with Crippen LogP contribution >= 0.6 is 0 Å². The van der Waals surface area contributed by atoms with Crippen LogP contribution in [0.3, 0.4) is 0 Å². The summed E-state index contributed by atoms with van der Waals surface area (Å²) < 4.78 is 2.47. The summed E-state index contributed by atoms with van der Waals surface area (Å²) in [5.74, 6) is 0. The molecule has 0 aliphatic carbocycles. The third-order valence-corrected chi connectivity index (χ3v) is 4.45. The molecule has 0 unspecified atom stereocenters. The molecule has 1 aromatic heterocycles. The highest BCUT2D eigenvalue weighted by Gasteiger charge is 2.08. The molecule has 0 bridgehead atoms. The number of benzene rings is 1. The molecule has 0 spiro atoms. The Balaban J connectivity index is 1.97. The number of aryl methyl sites for hydroxylation is 1. The zero-order valence-corrected chi connectivity index (χ0v) is 14.6. The van der Waals surface area contributed by atoms with Gasteiger partial charge in [0.1, 0.15) is 0 Å². The fourth-order valence-corrected chi connectivity index (χ4v) is 3.11. The average molecular weight is 300 g/mol. The van der Waals surface area contributed by atoms with Crippen LogP contribution in [0.5, 0.6) is 0 Å². The third kappa shape index (κ3) is 4.88. The Morgan fingerprint density at radius 1 is 0.955 bits per heavy atom. The molecule has 22 heavy (non-hydrogen) atoms. The fourth-order valence-electron chi connectivity index (χ4n) is 3.11. The SMILES string of the molecule is CCCCCCCCn1cc(CCN(C)C)c2ccccc21. The first-order chi connectivity index (χ1) is 10.7. The predicted molar refractivity (Wildman–Crippen MR) is 97.6 cm³/mol. The molecule has 2 rings (SSSR count). The number of rotatable bonds is 10. The molecule has 0 atom stereocenters. The minimum absolute atomic E-state index is 1.12. The lowest BCUT2D eigenvalue weighted by Gasteiger charge is -2.08. The summed E-state index contributed by atoms with van der Waals surface area (Å²) in [6.07, 6.45) is 11.7. The maximum absolute atomic E-state index is 2.47. The molecule has 0 amide bonds. The van der Waals surface area contributed by atoms with Gasteiger partial charge in [-0.1, -0.05) is 57.2 Å². The quantitative estimate of drug-likeness (QED) is 0.554. The van der Waals surface area contributed by atoms with Crippen molar-refractivity contribution in [2.45, 2.75) is 58.4 Å². The van der Waals surface area contributed by atoms with E-state index in [0.29, 0.717) is 0 Å². The molecule has 1 aromatic carbocycles. The summed E-state index contributed by atoms with van der Waals surface area (Å²) in [5.41, 5.74) is 2.90. The highest BCUT2D eigenvalue weighted by Crippen LogP contribution is 2.22. The Bertz CT molecular complexity index is 554. The Morgan fingerprint density at radius 2 is 1.68 bits per heavy atom. The zero-order valence-electron chi connectivity index (χ0n) is 14.6. The van der Waals surface area contributed by atoms with Gasteiger partial charge in [-0.25, -0.2) is 0 Å². The van der Waals surface area contributed by atoms with Crippen LogP contribution in [-0.4, -0.2) is 30.1 Å². The molecule has 2 nitrogen and oxygen atoms in total. The first kappa shape index (κ1) is 17.1. The van der Waals surface area contributed by atoms with Gasteiger partial charge >= 0.3 is 0 Å². The average Bonchev–Trinajstić information content (AvgIpc) is 2.87. The molecule has 0 fully saturated rings. The third-order valence-electron chi connectivity index (χ3n) is 4.45. The lowest BCUT2D eigenvalue weighted by atomic mass is 10.1. The molecule has 0 saturated carbocycles. The van der Waals surface area contributed by atoms with Crippen molar-refractivity contribution in [3.05, 3.63) is 36.0 Å². The van der Waals surface area contributed by atoms with Crippen molar-refractivity contribution in [3.63, 3.8) is 0 Å². The summed E-state index contributed by atoms with van der Waals surface area (Å²) in [6.45, 7) is 4.56. The standard InChI is InChI=1S/C20H32N2/c1-4-5-6-7-8-11-15-22-17-18(14-16-21(2)3)19-12-9-10-13-20(19)22/h9-10,12-13,17H,4-8,11,14-16H2,1-3H3. The molecular weight excluding hydrogens is 268 g/mol. The minimum Gasteiger partial charge on any atom is -0.347 e. The summed E-state index contributed by atoms with van der Waals surface area (Å²) in [6, 6.07) is 8.87. The van der Waals surface area contributed by atoms with Crippen LogP contribution in [0.15, 0.2) is 30.5 Å². The van der Waals surface area contributed by atoms with Crippen LogP contribution in [0, 0.1) is 0 Å². The normalized spacial score (nSPS) is 11.6. The molecule has 2 aromatic rings. The largest absolute Gasteiger partial charge is 0.347 e. The smallest absolute Gasteiger partial charge is 0.0483 e. The lowest BCUT2D eigenvalue weighted by molar-refractivity contribution is 0.414. The maximum Gasteiger partial charge on any atom is 0.0483 e. The first-order valence-corrected chi connectivity index (χ1v) is 8.94. The van der Waals surface area contributed by atoms with Gasteiger partial charge in [-0.3, -0.25) is 0 Å². The summed E-state index contributed by atoms with van der Waals surface area (Å²) in [4.78, 5) is 2.26. The topological polar surface area (TPSA) is 8.17 Å². The predicted octanol–water partition coefficient (Wildman–Crippen LogP) is 5.11. The maximum atomic E-state index is 2.47. The molecule has 0 aliphatic rings. The lowest BCUT2D eigenvalue weighted by Crippen LogP contribution is -2.14. The highest BCUT2D eigenvalue weighted by atomic mass is 15.0. The number of nitrogens with zero attached hydrogens (tertiary/aromatic N) is 2. The monoisotopic (exact) mass is 300 g/mol. The van der Waals surface area contributed by atoms with Crippen molar-refractivity contribution in [2.24, 2.45) is 0 Å². The van der Waals surface area contributed by atoms with E-state index in [0.717, 1.165) is 19.5 Å². The first-order valence-electron chi connectivity index (χ1n) is 8.94. The van der Waals surface area contributed by atoms with Crippen LogP contribution in [0.1, 0.15) is 51.0 Å². The second kappa shape index (κ2) is 8.99. The second-order valence-corrected chi connectivity index (χ2v) is 6.69. The molecule has 1 heterocycles. The van der Waals surface area contributed by atoms with Gasteiger partial charge in [-0.05, 0) is 38.6 Å². The van der Waals surface area contributed by atoms with Crippen molar-refractivity contribution >= 4 is 10.9 Å². The van der Waals surface area contributed by atoms with Crippen molar-refractivity contribution in [1.29, 1.82) is 0 Å². The molecule has 0 saturated heterocycles. The van der Waals surface area contributed by atoms with Gasteiger partial charge in [0.15, 0.2) is 0 Å². The Morgan fingerprint density at radius 3 is 2.45 bits per heavy atom. The van der Waals surface area contributed by atoms with Gasteiger partial charge in [-0.2, -0.15) is 0 Å². The van der Waals surface area contributed by atoms with Gasteiger partial charge in [0.25, 0.3) is 0 Å². The highest BCUT2D eigenvalue weighted by molar-refractivity contribution is 5.84. The summed E-state index contributed by atoms with van der Waals surface area (Å²) in [5, 5.41) is 1.44. The van der Waals surface area contributed by atoms with Gasteiger partial charge in [-0.15, -0.1) is 0 Å². The number of aromatic nitrogens is 1. The Hall–Kier alpha value is -1.28. The van der Waals surface area contributed by atoms with E-state index in [1.54, 1.807) is 0 Å². The number of hydrogen-bond acceptors (Lipinski definition) is 1. The van der Waals surface area contributed by atoms with Gasteiger partial charge < -0.3 is 9.47 Å². The molecule has 122 valence electrons. The Kier molecular flexibility index (Phi) is 6.98. The van der Waals surface area contributed by atoms with Gasteiger partial charge in [0.05, 0.1) is 0 Å². The van der Waals surface area contributed by atoms with Crippen molar-refractivity contribution in [2.75, 3.05) is 20.6 Å². The van der Waals surface area contributed by atoms with Gasteiger partial charge in [0, 0.05) is 30.2 Å². The van der Waals surface area contributed by atoms with E-state index in [-0.39, 0.29) is 0 Å². The van der Waals surface area contributed by atoms with E-state index in [9.17, 15) is 0 Å². The summed E-state index contributed by atoms with van der Waals surface area (Å²) in [7, 11) is 4.30. The van der Waals surface area contributed by atoms with Crippen LogP contribution in [0.2, 0.25) is 0 Å². The van der Waals surface area contributed by atoms with Crippen LogP contribution in [-0.2, 0) is 13.0 Å². The fraction of sp³-hybridized carbons (Fsp3) is 0.600. The minimum atomic E-state index is 1.12.